The normalized spacial score (nSPS) is 16.1. The molecule has 1 aliphatic heterocycles. The molecule has 0 aromatic heterocycles. The van der Waals surface area contributed by atoms with Crippen molar-refractivity contribution in [1.29, 1.82) is 0 Å². The summed E-state index contributed by atoms with van der Waals surface area (Å²) >= 11 is 0. The van der Waals surface area contributed by atoms with Gasteiger partial charge in [-0.3, -0.25) is 4.79 Å². The summed E-state index contributed by atoms with van der Waals surface area (Å²) in [5.74, 6) is 5.77. The highest BCUT2D eigenvalue weighted by Gasteiger charge is 2.20. The lowest BCUT2D eigenvalue weighted by atomic mass is 10.0. The minimum atomic E-state index is -0.0328. The molecule has 0 atom stereocenters. The van der Waals surface area contributed by atoms with Crippen molar-refractivity contribution in [1.82, 2.24) is 10.2 Å². The molecule has 1 saturated heterocycles. The number of hydrogen-bond acceptors (Lipinski definition) is 3. The van der Waals surface area contributed by atoms with Gasteiger partial charge in [-0.05, 0) is 52.0 Å². The lowest BCUT2D eigenvalue weighted by molar-refractivity contribution is 0.0916. The van der Waals surface area contributed by atoms with Gasteiger partial charge in [0.2, 0.25) is 0 Å². The second kappa shape index (κ2) is 7.26. The van der Waals surface area contributed by atoms with E-state index >= 15 is 0 Å². The van der Waals surface area contributed by atoms with Gasteiger partial charge >= 0.3 is 0 Å². The summed E-state index contributed by atoms with van der Waals surface area (Å²) in [5, 5.41) is 3.14. The minimum absolute atomic E-state index is 0.0328. The van der Waals surface area contributed by atoms with Gasteiger partial charge in [0.1, 0.15) is 0 Å². The molecular formula is C17H23N3O. The van der Waals surface area contributed by atoms with Gasteiger partial charge in [0.15, 0.2) is 0 Å². The number of hydrogen-bond donors (Lipinski definition) is 2. The van der Waals surface area contributed by atoms with Crippen molar-refractivity contribution >= 4 is 5.91 Å². The standard InChI is InChI=1S/C17H23N3O/c1-13-5-6-14(4-3-9-18)16(12-13)17(21)19-15-7-10-20(2)11-8-15/h5-6,12,15H,7-11,18H2,1-2H3,(H,19,21). The van der Waals surface area contributed by atoms with E-state index in [0.29, 0.717) is 12.1 Å². The van der Waals surface area contributed by atoms with Crippen LogP contribution in [0.3, 0.4) is 0 Å². The molecule has 2 rings (SSSR count). The van der Waals surface area contributed by atoms with Gasteiger partial charge in [0, 0.05) is 11.6 Å². The van der Waals surface area contributed by atoms with E-state index in [1.165, 1.54) is 0 Å². The lowest BCUT2D eigenvalue weighted by Crippen LogP contribution is -2.43. The summed E-state index contributed by atoms with van der Waals surface area (Å²) in [6.07, 6.45) is 2.00. The van der Waals surface area contributed by atoms with Crippen molar-refractivity contribution in [3.8, 4) is 11.8 Å². The molecule has 3 N–H and O–H groups in total. The minimum Gasteiger partial charge on any atom is -0.349 e. The Kier molecular flexibility index (Phi) is 5.38. The summed E-state index contributed by atoms with van der Waals surface area (Å²) in [6, 6.07) is 6.00. The zero-order valence-electron chi connectivity index (χ0n) is 12.8. The molecule has 0 saturated carbocycles. The largest absolute Gasteiger partial charge is 0.349 e. The first-order valence-electron chi connectivity index (χ1n) is 7.39. The highest BCUT2D eigenvalue weighted by Crippen LogP contribution is 2.13. The third kappa shape index (κ3) is 4.32. The Bertz CT molecular complexity index is 563. The van der Waals surface area contributed by atoms with E-state index in [-0.39, 0.29) is 11.9 Å². The summed E-state index contributed by atoms with van der Waals surface area (Å²) < 4.78 is 0. The summed E-state index contributed by atoms with van der Waals surface area (Å²) in [5.41, 5.74) is 7.87. The Labute approximate surface area is 126 Å². The molecule has 21 heavy (non-hydrogen) atoms. The van der Waals surface area contributed by atoms with Crippen molar-refractivity contribution in [2.45, 2.75) is 25.8 Å². The van der Waals surface area contributed by atoms with Crippen LogP contribution < -0.4 is 11.1 Å². The van der Waals surface area contributed by atoms with Crippen LogP contribution in [-0.4, -0.2) is 43.5 Å². The Balaban J connectivity index is 2.12. The Morgan fingerprint density at radius 1 is 1.43 bits per heavy atom. The average Bonchev–Trinajstić information content (AvgIpc) is 2.48. The van der Waals surface area contributed by atoms with E-state index in [4.69, 9.17) is 5.73 Å². The molecule has 0 bridgehead atoms. The monoisotopic (exact) mass is 285 g/mol. The molecule has 1 fully saturated rings. The van der Waals surface area contributed by atoms with Crippen LogP contribution in [0.2, 0.25) is 0 Å². The number of nitrogens with one attached hydrogen (secondary N) is 1. The van der Waals surface area contributed by atoms with Crippen LogP contribution in [0, 0.1) is 18.8 Å². The van der Waals surface area contributed by atoms with Crippen molar-refractivity contribution in [3.63, 3.8) is 0 Å². The number of aryl methyl sites for hydroxylation is 1. The first kappa shape index (κ1) is 15.6. The summed E-state index contributed by atoms with van der Waals surface area (Å²) in [4.78, 5) is 14.8. The van der Waals surface area contributed by atoms with Gasteiger partial charge in [0.05, 0.1) is 12.1 Å². The molecule has 1 aromatic rings. The van der Waals surface area contributed by atoms with Gasteiger partial charge in [-0.25, -0.2) is 0 Å². The highest BCUT2D eigenvalue weighted by molar-refractivity contribution is 5.97. The summed E-state index contributed by atoms with van der Waals surface area (Å²) in [7, 11) is 2.11. The number of carbonyl (C=O) groups is 1. The molecule has 112 valence electrons. The molecule has 0 aliphatic carbocycles. The van der Waals surface area contributed by atoms with E-state index in [1.807, 2.05) is 25.1 Å². The predicted octanol–water partition coefficient (Wildman–Crippen LogP) is 1.13. The Hall–Kier alpha value is -1.83. The quantitative estimate of drug-likeness (QED) is 0.801. The molecule has 1 aromatic carbocycles. The molecule has 1 amide bonds. The Morgan fingerprint density at radius 2 is 2.14 bits per heavy atom. The van der Waals surface area contributed by atoms with Crippen molar-refractivity contribution in [2.75, 3.05) is 26.7 Å². The van der Waals surface area contributed by atoms with Gasteiger partial charge < -0.3 is 16.0 Å². The molecule has 0 radical (unpaired) electrons. The number of rotatable bonds is 2. The van der Waals surface area contributed by atoms with Crippen LogP contribution in [-0.2, 0) is 0 Å². The first-order chi connectivity index (χ1) is 10.1. The number of nitrogens with two attached hydrogens (primary N) is 1. The second-order valence-corrected chi connectivity index (χ2v) is 5.61. The van der Waals surface area contributed by atoms with Gasteiger partial charge in [0.25, 0.3) is 5.91 Å². The number of nitrogens with zero attached hydrogens (tertiary/aromatic N) is 1. The number of likely N-dealkylation sites (tertiary alicyclic amines) is 1. The highest BCUT2D eigenvalue weighted by atomic mass is 16.1. The fraction of sp³-hybridized carbons (Fsp3) is 0.471. The molecule has 0 unspecified atom stereocenters. The maximum Gasteiger partial charge on any atom is 0.252 e. The molecule has 4 heteroatoms. The zero-order chi connectivity index (χ0) is 15.2. The van der Waals surface area contributed by atoms with Crippen LogP contribution in [0.25, 0.3) is 0 Å². The van der Waals surface area contributed by atoms with E-state index in [2.05, 4.69) is 29.1 Å². The van der Waals surface area contributed by atoms with Crippen LogP contribution in [0.1, 0.15) is 34.3 Å². The third-order valence-corrected chi connectivity index (χ3v) is 3.80. The maximum absolute atomic E-state index is 12.5. The van der Waals surface area contributed by atoms with Crippen LogP contribution in [0.15, 0.2) is 18.2 Å². The van der Waals surface area contributed by atoms with Gasteiger partial charge in [-0.15, -0.1) is 0 Å². The average molecular weight is 285 g/mol. The van der Waals surface area contributed by atoms with E-state index < -0.39 is 0 Å². The lowest BCUT2D eigenvalue weighted by Gasteiger charge is -2.29. The second-order valence-electron chi connectivity index (χ2n) is 5.61. The van der Waals surface area contributed by atoms with Gasteiger partial charge in [-0.1, -0.05) is 23.5 Å². The van der Waals surface area contributed by atoms with Gasteiger partial charge in [-0.2, -0.15) is 0 Å². The number of piperidine rings is 1. The fourth-order valence-electron chi connectivity index (χ4n) is 2.52. The van der Waals surface area contributed by atoms with E-state index in [1.54, 1.807) is 0 Å². The maximum atomic E-state index is 12.5. The molecule has 1 aliphatic rings. The predicted molar refractivity (Wildman–Crippen MR) is 85.1 cm³/mol. The Morgan fingerprint density at radius 3 is 2.81 bits per heavy atom. The molecule has 1 heterocycles. The number of carbonyl (C=O) groups excluding carboxylic acids is 1. The first-order valence-corrected chi connectivity index (χ1v) is 7.39. The SMILES string of the molecule is Cc1ccc(C#CCN)c(C(=O)NC2CCN(C)CC2)c1. The smallest absolute Gasteiger partial charge is 0.252 e. The molecule has 4 nitrogen and oxygen atoms in total. The summed E-state index contributed by atoms with van der Waals surface area (Å²) in [6.45, 7) is 4.33. The third-order valence-electron chi connectivity index (χ3n) is 3.80. The van der Waals surface area contributed by atoms with E-state index in [0.717, 1.165) is 37.1 Å². The van der Waals surface area contributed by atoms with Crippen molar-refractivity contribution in [2.24, 2.45) is 5.73 Å². The van der Waals surface area contributed by atoms with Crippen LogP contribution in [0.4, 0.5) is 0 Å². The van der Waals surface area contributed by atoms with Crippen molar-refractivity contribution in [3.05, 3.63) is 34.9 Å². The van der Waals surface area contributed by atoms with Crippen LogP contribution in [0.5, 0.6) is 0 Å². The van der Waals surface area contributed by atoms with Crippen LogP contribution >= 0.6 is 0 Å². The topological polar surface area (TPSA) is 58.4 Å². The fourth-order valence-corrected chi connectivity index (χ4v) is 2.52. The molecule has 0 spiro atoms. The number of benzene rings is 1. The molecular weight excluding hydrogens is 262 g/mol. The van der Waals surface area contributed by atoms with Crippen molar-refractivity contribution < 1.29 is 4.79 Å². The van der Waals surface area contributed by atoms with E-state index in [9.17, 15) is 4.79 Å². The number of amides is 1. The zero-order valence-corrected chi connectivity index (χ0v) is 12.8.